The Labute approximate surface area is 133 Å². The first-order valence-corrected chi connectivity index (χ1v) is 7.38. The normalized spacial score (nSPS) is 11.3. The van der Waals surface area contributed by atoms with E-state index in [4.69, 9.17) is 0 Å². The summed E-state index contributed by atoms with van der Waals surface area (Å²) in [6, 6.07) is 18.0. The molecule has 0 aliphatic carbocycles. The predicted octanol–water partition coefficient (Wildman–Crippen LogP) is 3.99. The summed E-state index contributed by atoms with van der Waals surface area (Å²) < 4.78 is 1.87. The summed E-state index contributed by atoms with van der Waals surface area (Å²) in [4.78, 5) is 8.69. The molecule has 23 heavy (non-hydrogen) atoms. The third kappa shape index (κ3) is 2.74. The SMILES string of the molecule is C(=C\c1ccnn1-c1ccncc1)/c1ccc2ccccc2n1. The van der Waals surface area contributed by atoms with Crippen molar-refractivity contribution < 1.29 is 0 Å². The first-order chi connectivity index (χ1) is 11.4. The summed E-state index contributed by atoms with van der Waals surface area (Å²) in [6.45, 7) is 0. The lowest BCUT2D eigenvalue weighted by atomic mass is 10.2. The molecule has 3 heterocycles. The highest BCUT2D eigenvalue weighted by molar-refractivity contribution is 5.80. The monoisotopic (exact) mass is 298 g/mol. The second-order valence-electron chi connectivity index (χ2n) is 5.14. The Hall–Kier alpha value is -3.27. The van der Waals surface area contributed by atoms with E-state index in [1.54, 1.807) is 18.6 Å². The molecule has 4 heteroatoms. The van der Waals surface area contributed by atoms with Crippen LogP contribution in [0.25, 0.3) is 28.7 Å². The van der Waals surface area contributed by atoms with Crippen molar-refractivity contribution in [3.8, 4) is 5.69 Å². The van der Waals surface area contributed by atoms with E-state index in [-0.39, 0.29) is 0 Å². The Kier molecular flexibility index (Phi) is 3.41. The maximum Gasteiger partial charge on any atom is 0.0709 e. The smallest absolute Gasteiger partial charge is 0.0709 e. The van der Waals surface area contributed by atoms with Gasteiger partial charge in [0.2, 0.25) is 0 Å². The second kappa shape index (κ2) is 5.85. The molecule has 4 rings (SSSR count). The summed E-state index contributed by atoms with van der Waals surface area (Å²) in [7, 11) is 0. The topological polar surface area (TPSA) is 43.6 Å². The number of pyridine rings is 2. The van der Waals surface area contributed by atoms with E-state index in [0.717, 1.165) is 28.0 Å². The van der Waals surface area contributed by atoms with E-state index in [9.17, 15) is 0 Å². The van der Waals surface area contributed by atoms with E-state index in [0.29, 0.717) is 0 Å². The molecule has 0 fully saturated rings. The summed E-state index contributed by atoms with van der Waals surface area (Å²) in [5.74, 6) is 0. The van der Waals surface area contributed by atoms with E-state index in [1.807, 2.05) is 59.3 Å². The zero-order valence-electron chi connectivity index (χ0n) is 12.4. The van der Waals surface area contributed by atoms with Crippen molar-refractivity contribution in [1.82, 2.24) is 19.7 Å². The molecule has 0 atom stereocenters. The van der Waals surface area contributed by atoms with Crippen molar-refractivity contribution in [2.45, 2.75) is 0 Å². The molecule has 0 radical (unpaired) electrons. The molecule has 0 amide bonds. The Bertz CT molecular complexity index is 971. The fraction of sp³-hybridized carbons (Fsp3) is 0. The van der Waals surface area contributed by atoms with Gasteiger partial charge in [-0.05, 0) is 42.5 Å². The lowest BCUT2D eigenvalue weighted by molar-refractivity contribution is 0.868. The molecule has 0 saturated carbocycles. The average Bonchev–Trinajstić information content (AvgIpc) is 3.09. The first-order valence-electron chi connectivity index (χ1n) is 7.38. The van der Waals surface area contributed by atoms with Crippen molar-refractivity contribution in [1.29, 1.82) is 0 Å². The van der Waals surface area contributed by atoms with Gasteiger partial charge in [-0.1, -0.05) is 24.3 Å². The predicted molar refractivity (Wildman–Crippen MR) is 92.0 cm³/mol. The van der Waals surface area contributed by atoms with Crippen LogP contribution in [0.3, 0.4) is 0 Å². The van der Waals surface area contributed by atoms with Gasteiger partial charge in [-0.3, -0.25) is 4.98 Å². The van der Waals surface area contributed by atoms with Crippen molar-refractivity contribution >= 4 is 23.1 Å². The highest BCUT2D eigenvalue weighted by Crippen LogP contribution is 2.15. The zero-order valence-corrected chi connectivity index (χ0v) is 12.4. The van der Waals surface area contributed by atoms with Crippen LogP contribution in [0.2, 0.25) is 0 Å². The molecule has 0 aliphatic rings. The van der Waals surface area contributed by atoms with Crippen molar-refractivity contribution in [2.24, 2.45) is 0 Å². The molecule has 4 nitrogen and oxygen atoms in total. The van der Waals surface area contributed by atoms with E-state index in [2.05, 4.69) is 27.2 Å². The van der Waals surface area contributed by atoms with Gasteiger partial charge in [0.1, 0.15) is 0 Å². The van der Waals surface area contributed by atoms with Crippen LogP contribution in [0.4, 0.5) is 0 Å². The summed E-state index contributed by atoms with van der Waals surface area (Å²) in [5.41, 5.74) is 3.89. The minimum atomic E-state index is 0.922. The van der Waals surface area contributed by atoms with E-state index in [1.165, 1.54) is 0 Å². The molecule has 0 unspecified atom stereocenters. The average molecular weight is 298 g/mol. The van der Waals surface area contributed by atoms with Crippen LogP contribution >= 0.6 is 0 Å². The number of rotatable bonds is 3. The fourth-order valence-corrected chi connectivity index (χ4v) is 2.49. The van der Waals surface area contributed by atoms with Gasteiger partial charge in [-0.25, -0.2) is 9.67 Å². The maximum atomic E-state index is 4.65. The quantitative estimate of drug-likeness (QED) is 0.574. The molecule has 0 aliphatic heterocycles. The molecular weight excluding hydrogens is 284 g/mol. The third-order valence-corrected chi connectivity index (χ3v) is 3.62. The summed E-state index contributed by atoms with van der Waals surface area (Å²) >= 11 is 0. The van der Waals surface area contributed by atoms with Crippen LogP contribution < -0.4 is 0 Å². The molecule has 4 aromatic rings. The van der Waals surface area contributed by atoms with Crippen LogP contribution in [0, 0.1) is 0 Å². The van der Waals surface area contributed by atoms with Gasteiger partial charge in [0.15, 0.2) is 0 Å². The Morgan fingerprint density at radius 1 is 0.783 bits per heavy atom. The number of para-hydroxylation sites is 1. The lowest BCUT2D eigenvalue weighted by Crippen LogP contribution is -1.98. The molecular formula is C19H14N4. The number of hydrogen-bond donors (Lipinski definition) is 0. The van der Waals surface area contributed by atoms with Gasteiger partial charge >= 0.3 is 0 Å². The van der Waals surface area contributed by atoms with Gasteiger partial charge in [0.25, 0.3) is 0 Å². The summed E-state index contributed by atoms with van der Waals surface area (Å²) in [5, 5.41) is 5.51. The van der Waals surface area contributed by atoms with Crippen molar-refractivity contribution in [3.05, 3.63) is 84.6 Å². The molecule has 110 valence electrons. The van der Waals surface area contributed by atoms with Crippen LogP contribution in [0.5, 0.6) is 0 Å². The van der Waals surface area contributed by atoms with Gasteiger partial charge < -0.3 is 0 Å². The lowest BCUT2D eigenvalue weighted by Gasteiger charge is -2.03. The molecule has 0 spiro atoms. The number of aromatic nitrogens is 4. The molecule has 0 N–H and O–H groups in total. The first kappa shape index (κ1) is 13.4. The van der Waals surface area contributed by atoms with Gasteiger partial charge in [-0.2, -0.15) is 5.10 Å². The molecule has 3 aromatic heterocycles. The maximum absolute atomic E-state index is 4.65. The standard InChI is InChI=1S/C19H14N4/c1-2-4-19-15(3-1)5-6-16(22-19)7-8-17-11-14-21-23(17)18-9-12-20-13-10-18/h1-14H/b8-7+. The number of fused-ring (bicyclic) bond motifs is 1. The van der Waals surface area contributed by atoms with Crippen molar-refractivity contribution in [2.75, 3.05) is 0 Å². The third-order valence-electron chi connectivity index (χ3n) is 3.62. The molecule has 0 saturated heterocycles. The zero-order chi connectivity index (χ0) is 15.5. The van der Waals surface area contributed by atoms with Crippen LogP contribution in [-0.2, 0) is 0 Å². The van der Waals surface area contributed by atoms with E-state index < -0.39 is 0 Å². The highest BCUT2D eigenvalue weighted by atomic mass is 15.3. The van der Waals surface area contributed by atoms with Crippen LogP contribution in [0.15, 0.2) is 73.2 Å². The number of nitrogens with zero attached hydrogens (tertiary/aromatic N) is 4. The highest BCUT2D eigenvalue weighted by Gasteiger charge is 2.01. The largest absolute Gasteiger partial charge is 0.265 e. The molecule has 0 bridgehead atoms. The minimum Gasteiger partial charge on any atom is -0.265 e. The second-order valence-corrected chi connectivity index (χ2v) is 5.14. The van der Waals surface area contributed by atoms with E-state index >= 15 is 0 Å². The fourth-order valence-electron chi connectivity index (χ4n) is 2.49. The Balaban J connectivity index is 1.67. The Morgan fingerprint density at radius 3 is 2.57 bits per heavy atom. The van der Waals surface area contributed by atoms with Gasteiger partial charge in [-0.15, -0.1) is 0 Å². The van der Waals surface area contributed by atoms with Gasteiger partial charge in [0.05, 0.1) is 28.8 Å². The Morgan fingerprint density at radius 2 is 1.65 bits per heavy atom. The molecule has 1 aromatic carbocycles. The summed E-state index contributed by atoms with van der Waals surface area (Å²) in [6.07, 6.45) is 9.32. The number of benzene rings is 1. The van der Waals surface area contributed by atoms with Crippen molar-refractivity contribution in [3.63, 3.8) is 0 Å². The van der Waals surface area contributed by atoms with Crippen LogP contribution in [-0.4, -0.2) is 19.7 Å². The number of hydrogen-bond acceptors (Lipinski definition) is 3. The van der Waals surface area contributed by atoms with Crippen LogP contribution in [0.1, 0.15) is 11.4 Å². The van der Waals surface area contributed by atoms with Gasteiger partial charge in [0, 0.05) is 17.8 Å². The minimum absolute atomic E-state index is 0.922.